The molecule has 0 aromatic heterocycles. The number of nitrogens with one attached hydrogen (secondary N) is 1. The van der Waals surface area contributed by atoms with E-state index in [0.29, 0.717) is 26.2 Å². The van der Waals surface area contributed by atoms with Crippen LogP contribution in [-0.2, 0) is 14.5 Å². The van der Waals surface area contributed by atoms with Gasteiger partial charge < -0.3 is 19.9 Å². The van der Waals surface area contributed by atoms with Gasteiger partial charge in [-0.3, -0.25) is 4.79 Å². The van der Waals surface area contributed by atoms with Crippen LogP contribution in [0.5, 0.6) is 0 Å². The quantitative estimate of drug-likeness (QED) is 0.503. The summed E-state index contributed by atoms with van der Waals surface area (Å²) in [4.78, 5) is 43.6. The highest BCUT2D eigenvalue weighted by molar-refractivity contribution is 5.79. The van der Waals surface area contributed by atoms with Gasteiger partial charge in [0.05, 0.1) is 0 Å². The lowest BCUT2D eigenvalue weighted by Crippen LogP contribution is -2.48. The fourth-order valence-corrected chi connectivity index (χ4v) is 2.75. The van der Waals surface area contributed by atoms with Gasteiger partial charge in [0.15, 0.2) is 0 Å². The van der Waals surface area contributed by atoms with E-state index in [9.17, 15) is 25.0 Å². The molecule has 0 bridgehead atoms. The third-order valence-corrected chi connectivity index (χ3v) is 3.67. The largest absolute Gasteiger partial charge is 0.340 e. The smallest absolute Gasteiger partial charge is 0.294 e. The van der Waals surface area contributed by atoms with Gasteiger partial charge in [-0.2, -0.15) is 0 Å². The minimum atomic E-state index is -1.10. The Morgan fingerprint density at radius 2 is 1.52 bits per heavy atom. The summed E-state index contributed by atoms with van der Waals surface area (Å²) in [5, 5.41) is 21.9. The van der Waals surface area contributed by atoms with Crippen LogP contribution in [0.2, 0.25) is 0 Å². The lowest BCUT2D eigenvalue weighted by Gasteiger charge is -2.29. The number of carbonyl (C=O) groups excluding carboxylic acids is 1. The first-order chi connectivity index (χ1) is 9.97. The van der Waals surface area contributed by atoms with Gasteiger partial charge in [-0.1, -0.05) is 0 Å². The molecule has 1 aliphatic heterocycles. The van der Waals surface area contributed by atoms with Crippen molar-refractivity contribution < 1.29 is 24.6 Å². The fraction of sp³-hybridized carbons (Fsp3) is 0.900. The zero-order valence-corrected chi connectivity index (χ0v) is 11.2. The Hall–Kier alpha value is -2.17. The number of hydrogen-bond acceptors (Lipinski definition) is 8. The summed E-state index contributed by atoms with van der Waals surface area (Å²) in [6, 6.07) is 0. The summed E-state index contributed by atoms with van der Waals surface area (Å²) >= 11 is 0. The van der Waals surface area contributed by atoms with Gasteiger partial charge in [0.25, 0.3) is 10.2 Å². The van der Waals surface area contributed by atoms with E-state index in [1.807, 2.05) is 0 Å². The highest BCUT2D eigenvalue weighted by Crippen LogP contribution is 2.32. The number of carbonyl (C=O) groups is 1. The molecule has 11 heteroatoms. The van der Waals surface area contributed by atoms with E-state index in [0.717, 1.165) is 0 Å². The lowest BCUT2D eigenvalue weighted by atomic mass is 10.1. The van der Waals surface area contributed by atoms with E-state index in [2.05, 4.69) is 15.0 Å². The number of amides is 1. The van der Waals surface area contributed by atoms with Crippen molar-refractivity contribution in [2.45, 2.75) is 25.0 Å². The van der Waals surface area contributed by atoms with Gasteiger partial charge in [0, 0.05) is 32.1 Å². The first-order valence-electron chi connectivity index (χ1n) is 6.59. The Morgan fingerprint density at radius 1 is 1.05 bits per heavy atom. The minimum Gasteiger partial charge on any atom is -0.340 e. The maximum Gasteiger partial charge on any atom is 0.294 e. The average Bonchev–Trinajstić information content (AvgIpc) is 2.80. The second kappa shape index (κ2) is 6.52. The zero-order chi connectivity index (χ0) is 15.4. The number of piperazine rings is 1. The molecule has 1 aliphatic carbocycles. The number of rotatable bonds is 5. The molecule has 1 N–H and O–H groups in total. The maximum absolute atomic E-state index is 12.3. The summed E-state index contributed by atoms with van der Waals surface area (Å²) < 4.78 is 0. The maximum atomic E-state index is 12.3. The molecule has 2 aliphatic rings. The molecule has 1 heterocycles. The Kier molecular flexibility index (Phi) is 4.73. The van der Waals surface area contributed by atoms with Crippen LogP contribution in [-0.4, -0.2) is 59.4 Å². The Balaban J connectivity index is 1.99. The summed E-state index contributed by atoms with van der Waals surface area (Å²) in [6.07, 6.45) is -2.10. The first kappa shape index (κ1) is 15.2. The fourth-order valence-electron chi connectivity index (χ4n) is 2.75. The first-order valence-corrected chi connectivity index (χ1v) is 6.59. The third kappa shape index (κ3) is 3.90. The van der Waals surface area contributed by atoms with E-state index in [1.165, 1.54) is 0 Å². The normalized spacial score (nSPS) is 29.0. The van der Waals surface area contributed by atoms with Gasteiger partial charge in [-0.15, -0.1) is 20.2 Å². The molecule has 11 nitrogen and oxygen atoms in total. The van der Waals surface area contributed by atoms with Crippen molar-refractivity contribution in [1.82, 2.24) is 10.2 Å². The molecule has 0 spiro atoms. The van der Waals surface area contributed by atoms with Gasteiger partial charge in [0.2, 0.25) is 5.91 Å². The molecule has 1 unspecified atom stereocenters. The minimum absolute atomic E-state index is 0.0439. The SMILES string of the molecule is O=C(C1C[C@H](O[N+](=O)[O-])[C@H](O[N+](=O)[O-])C1)N1CCNCC1. The van der Waals surface area contributed by atoms with Crippen molar-refractivity contribution in [1.29, 1.82) is 0 Å². The molecule has 3 atom stereocenters. The number of hydrogen-bond donors (Lipinski definition) is 1. The molecule has 1 saturated carbocycles. The van der Waals surface area contributed by atoms with Crippen LogP contribution in [0.3, 0.4) is 0 Å². The molecular weight excluding hydrogens is 288 g/mol. The third-order valence-electron chi connectivity index (χ3n) is 3.67. The number of nitrogens with zero attached hydrogens (tertiary/aromatic N) is 3. The summed E-state index contributed by atoms with van der Waals surface area (Å²) in [5.41, 5.74) is 0. The van der Waals surface area contributed by atoms with Crippen LogP contribution in [0.4, 0.5) is 0 Å². The predicted octanol–water partition coefficient (Wildman–Crippen LogP) is -1.02. The van der Waals surface area contributed by atoms with E-state index in [-0.39, 0.29) is 18.7 Å². The Morgan fingerprint density at radius 3 is 1.95 bits per heavy atom. The topological polar surface area (TPSA) is 137 Å². The average molecular weight is 304 g/mol. The predicted molar refractivity (Wildman–Crippen MR) is 65.9 cm³/mol. The van der Waals surface area contributed by atoms with Crippen LogP contribution in [0.1, 0.15) is 12.8 Å². The molecule has 2 rings (SSSR count). The lowest BCUT2D eigenvalue weighted by molar-refractivity contribution is -0.797. The van der Waals surface area contributed by atoms with Crippen molar-refractivity contribution in [2.24, 2.45) is 5.92 Å². The van der Waals surface area contributed by atoms with Crippen molar-refractivity contribution in [3.63, 3.8) is 0 Å². The molecule has 21 heavy (non-hydrogen) atoms. The summed E-state index contributed by atoms with van der Waals surface area (Å²) in [5.74, 6) is -0.721. The van der Waals surface area contributed by atoms with E-state index >= 15 is 0 Å². The molecule has 118 valence electrons. The standard InChI is InChI=1S/C10H16N4O7/c15-10(12-3-1-11-2-4-12)7-5-8(20-13(16)17)9(6-7)21-14(18)19/h7-9,11H,1-6H2/t7?,8-,9+. The summed E-state index contributed by atoms with van der Waals surface area (Å²) in [6.45, 7) is 2.47. The van der Waals surface area contributed by atoms with E-state index in [1.54, 1.807) is 4.90 Å². The molecule has 2 fully saturated rings. The molecule has 1 saturated heterocycles. The monoisotopic (exact) mass is 304 g/mol. The summed E-state index contributed by atoms with van der Waals surface area (Å²) in [7, 11) is 0. The van der Waals surface area contributed by atoms with E-state index < -0.39 is 28.3 Å². The van der Waals surface area contributed by atoms with E-state index in [4.69, 9.17) is 0 Å². The molecule has 0 aromatic rings. The highest BCUT2D eigenvalue weighted by Gasteiger charge is 2.43. The van der Waals surface area contributed by atoms with Crippen LogP contribution in [0.25, 0.3) is 0 Å². The second-order valence-corrected chi connectivity index (χ2v) is 4.98. The molecule has 0 radical (unpaired) electrons. The van der Waals surface area contributed by atoms with Crippen molar-refractivity contribution in [3.05, 3.63) is 20.2 Å². The Bertz CT molecular complexity index is 402. The molecule has 1 amide bonds. The van der Waals surface area contributed by atoms with Crippen LogP contribution in [0.15, 0.2) is 0 Å². The van der Waals surface area contributed by atoms with Crippen LogP contribution < -0.4 is 5.32 Å². The van der Waals surface area contributed by atoms with Gasteiger partial charge in [-0.25, -0.2) is 0 Å². The second-order valence-electron chi connectivity index (χ2n) is 4.98. The highest BCUT2D eigenvalue weighted by atomic mass is 17.0. The van der Waals surface area contributed by atoms with Crippen LogP contribution in [0, 0.1) is 26.1 Å². The Labute approximate surface area is 119 Å². The van der Waals surface area contributed by atoms with Crippen molar-refractivity contribution in [3.8, 4) is 0 Å². The van der Waals surface area contributed by atoms with Crippen molar-refractivity contribution in [2.75, 3.05) is 26.2 Å². The molecular formula is C10H16N4O7. The van der Waals surface area contributed by atoms with Crippen molar-refractivity contribution >= 4 is 5.91 Å². The van der Waals surface area contributed by atoms with Gasteiger partial charge in [-0.05, 0) is 12.8 Å². The van der Waals surface area contributed by atoms with Gasteiger partial charge >= 0.3 is 0 Å². The molecule has 0 aromatic carbocycles. The van der Waals surface area contributed by atoms with Gasteiger partial charge in [0.1, 0.15) is 12.2 Å². The van der Waals surface area contributed by atoms with Crippen LogP contribution >= 0.6 is 0 Å². The zero-order valence-electron chi connectivity index (χ0n) is 11.2.